The third kappa shape index (κ3) is 26.7. The first kappa shape index (κ1) is 51.9. The first-order valence-electron chi connectivity index (χ1n) is 23.3. The van der Waals surface area contributed by atoms with Gasteiger partial charge in [-0.25, -0.2) is 0 Å². The Morgan fingerprint density at radius 3 is 1.12 bits per heavy atom. The molecule has 1 fully saturated rings. The standard InChI is InChI=1S/C47H87NO8/c1-8-11-14-17-20-23-26-29-32-53-42(49)35-40(44(51)54-33-30-27-24-21-18-15-12-9-2)41(45(52)55-34-31-28-25-22-19-16-13-10-3)36-43(50)56-39-37-46(4,5)48-47(6,7)38-39/h39-41,48H,8-38H2,1-7H3. The molecule has 0 aliphatic carbocycles. The molecule has 0 aromatic rings. The number of unbranched alkanes of at least 4 members (excludes halogenated alkanes) is 21. The second-order valence-electron chi connectivity index (χ2n) is 18.0. The topological polar surface area (TPSA) is 117 Å². The fourth-order valence-electron chi connectivity index (χ4n) is 8.20. The Bertz CT molecular complexity index is 1030. The summed E-state index contributed by atoms with van der Waals surface area (Å²) in [4.78, 5) is 54.6. The van der Waals surface area contributed by atoms with Gasteiger partial charge in [-0.1, -0.05) is 156 Å². The van der Waals surface area contributed by atoms with Gasteiger partial charge in [0.25, 0.3) is 0 Å². The lowest BCUT2D eigenvalue weighted by molar-refractivity contribution is -0.169. The summed E-state index contributed by atoms with van der Waals surface area (Å²) in [5.41, 5.74) is -0.497. The van der Waals surface area contributed by atoms with E-state index in [2.05, 4.69) is 53.8 Å². The van der Waals surface area contributed by atoms with E-state index in [0.29, 0.717) is 25.7 Å². The van der Waals surface area contributed by atoms with E-state index in [1.54, 1.807) is 0 Å². The summed E-state index contributed by atoms with van der Waals surface area (Å²) < 4.78 is 23.1. The van der Waals surface area contributed by atoms with Crippen molar-refractivity contribution in [3.63, 3.8) is 0 Å². The molecule has 1 N–H and O–H groups in total. The molecule has 0 aromatic heterocycles. The lowest BCUT2D eigenvalue weighted by atomic mass is 9.81. The minimum Gasteiger partial charge on any atom is -0.466 e. The fourth-order valence-corrected chi connectivity index (χ4v) is 8.20. The summed E-state index contributed by atoms with van der Waals surface area (Å²) in [6, 6.07) is 0. The van der Waals surface area contributed by atoms with Gasteiger partial charge in [-0.15, -0.1) is 0 Å². The maximum atomic E-state index is 13.9. The van der Waals surface area contributed by atoms with Crippen LogP contribution in [-0.2, 0) is 38.1 Å². The zero-order chi connectivity index (χ0) is 41.5. The maximum absolute atomic E-state index is 13.9. The molecule has 9 nitrogen and oxygen atoms in total. The summed E-state index contributed by atoms with van der Waals surface area (Å²) in [7, 11) is 0. The average molecular weight is 794 g/mol. The molecule has 2 unspecified atom stereocenters. The number of carbonyl (C=O) groups excluding carboxylic acids is 4. The summed E-state index contributed by atoms with van der Waals surface area (Å²) in [6.45, 7) is 15.6. The third-order valence-electron chi connectivity index (χ3n) is 11.1. The number of esters is 4. The highest BCUT2D eigenvalue weighted by Gasteiger charge is 2.42. The molecule has 1 saturated heterocycles. The largest absolute Gasteiger partial charge is 0.466 e. The van der Waals surface area contributed by atoms with Crippen LogP contribution in [0.25, 0.3) is 0 Å². The molecule has 0 bridgehead atoms. The van der Waals surface area contributed by atoms with Gasteiger partial charge in [-0.05, 0) is 47.0 Å². The predicted octanol–water partition coefficient (Wildman–Crippen LogP) is 11.9. The lowest BCUT2D eigenvalue weighted by Gasteiger charge is -2.46. The number of hydrogen-bond acceptors (Lipinski definition) is 9. The molecule has 0 amide bonds. The first-order valence-corrected chi connectivity index (χ1v) is 23.3. The highest BCUT2D eigenvalue weighted by molar-refractivity contribution is 5.88. The van der Waals surface area contributed by atoms with Crippen molar-refractivity contribution in [3.05, 3.63) is 0 Å². The fraction of sp³-hybridized carbons (Fsp3) is 0.915. The highest BCUT2D eigenvalue weighted by Crippen LogP contribution is 2.32. The number of nitrogens with one attached hydrogen (secondary N) is 1. The number of piperidine rings is 1. The van der Waals surface area contributed by atoms with Gasteiger partial charge in [-0.2, -0.15) is 0 Å². The van der Waals surface area contributed by atoms with Crippen molar-refractivity contribution in [1.82, 2.24) is 5.32 Å². The molecule has 1 heterocycles. The van der Waals surface area contributed by atoms with Crippen molar-refractivity contribution >= 4 is 23.9 Å². The molecular formula is C47H87NO8. The number of carbonyl (C=O) groups is 4. The zero-order valence-electron chi connectivity index (χ0n) is 37.4. The number of ether oxygens (including phenoxy) is 4. The van der Waals surface area contributed by atoms with Crippen LogP contribution in [0.2, 0.25) is 0 Å². The van der Waals surface area contributed by atoms with Crippen LogP contribution in [0, 0.1) is 11.8 Å². The van der Waals surface area contributed by atoms with Crippen molar-refractivity contribution in [2.24, 2.45) is 11.8 Å². The van der Waals surface area contributed by atoms with E-state index in [9.17, 15) is 19.2 Å². The molecule has 1 aliphatic heterocycles. The maximum Gasteiger partial charge on any atom is 0.310 e. The first-order chi connectivity index (χ1) is 26.8. The Labute approximate surface area is 343 Å². The third-order valence-corrected chi connectivity index (χ3v) is 11.1. The van der Waals surface area contributed by atoms with E-state index in [0.717, 1.165) is 57.8 Å². The summed E-state index contributed by atoms with van der Waals surface area (Å²) in [5, 5.41) is 3.60. The molecular weight excluding hydrogens is 707 g/mol. The lowest BCUT2D eigenvalue weighted by Crippen LogP contribution is -2.59. The Balaban J connectivity index is 3.03. The summed E-state index contributed by atoms with van der Waals surface area (Å²) in [6.07, 6.45) is 26.6. The number of rotatable bonds is 35. The van der Waals surface area contributed by atoms with Crippen LogP contribution < -0.4 is 5.32 Å². The Kier molecular flexibility index (Phi) is 29.4. The van der Waals surface area contributed by atoms with E-state index in [-0.39, 0.29) is 49.8 Å². The van der Waals surface area contributed by atoms with Crippen LogP contribution in [0.15, 0.2) is 0 Å². The van der Waals surface area contributed by atoms with Crippen molar-refractivity contribution in [3.8, 4) is 0 Å². The molecule has 0 spiro atoms. The van der Waals surface area contributed by atoms with E-state index in [1.807, 2.05) is 0 Å². The molecule has 9 heteroatoms. The Morgan fingerprint density at radius 2 is 0.768 bits per heavy atom. The SMILES string of the molecule is CCCCCCCCCCOC(=O)CC(C(=O)OCCCCCCCCCC)C(CC(=O)OC1CC(C)(C)NC(C)(C)C1)C(=O)OCCCCCCCCCC. The van der Waals surface area contributed by atoms with E-state index >= 15 is 0 Å². The smallest absolute Gasteiger partial charge is 0.310 e. The van der Waals surface area contributed by atoms with Crippen molar-refractivity contribution < 1.29 is 38.1 Å². The van der Waals surface area contributed by atoms with Crippen molar-refractivity contribution in [2.75, 3.05) is 19.8 Å². The molecule has 1 aliphatic rings. The van der Waals surface area contributed by atoms with Gasteiger partial charge in [0.1, 0.15) is 6.10 Å². The van der Waals surface area contributed by atoms with Gasteiger partial charge in [0.05, 0.1) is 44.5 Å². The van der Waals surface area contributed by atoms with Crippen LogP contribution in [0.3, 0.4) is 0 Å². The minimum absolute atomic E-state index is 0.193. The zero-order valence-corrected chi connectivity index (χ0v) is 37.4. The quantitative estimate of drug-likeness (QED) is 0.0380. The van der Waals surface area contributed by atoms with Gasteiger partial charge < -0.3 is 24.3 Å². The minimum atomic E-state index is -1.22. The molecule has 1 rings (SSSR count). The Morgan fingerprint density at radius 1 is 0.464 bits per heavy atom. The normalized spacial score (nSPS) is 16.2. The second-order valence-corrected chi connectivity index (χ2v) is 18.0. The predicted molar refractivity (Wildman–Crippen MR) is 227 cm³/mol. The van der Waals surface area contributed by atoms with Crippen molar-refractivity contribution in [1.29, 1.82) is 0 Å². The molecule has 0 radical (unpaired) electrons. The van der Waals surface area contributed by atoms with Crippen molar-refractivity contribution in [2.45, 2.75) is 245 Å². The van der Waals surface area contributed by atoms with Crippen LogP contribution in [-0.4, -0.2) is 60.9 Å². The van der Waals surface area contributed by atoms with Crippen LogP contribution in [0.4, 0.5) is 0 Å². The van der Waals surface area contributed by atoms with Crippen LogP contribution in [0.1, 0.15) is 228 Å². The van der Waals surface area contributed by atoms with E-state index in [4.69, 9.17) is 18.9 Å². The molecule has 0 aromatic carbocycles. The van der Waals surface area contributed by atoms with E-state index in [1.165, 1.54) is 83.5 Å². The van der Waals surface area contributed by atoms with Gasteiger partial charge in [0, 0.05) is 23.9 Å². The monoisotopic (exact) mass is 794 g/mol. The van der Waals surface area contributed by atoms with E-state index < -0.39 is 35.7 Å². The van der Waals surface area contributed by atoms with Crippen LogP contribution >= 0.6 is 0 Å². The summed E-state index contributed by atoms with van der Waals surface area (Å²) in [5.74, 6) is -4.91. The average Bonchev–Trinajstić information content (AvgIpc) is 3.12. The molecule has 0 saturated carbocycles. The Hall–Kier alpha value is -2.16. The molecule has 328 valence electrons. The highest BCUT2D eigenvalue weighted by atomic mass is 16.6. The number of hydrogen-bond donors (Lipinski definition) is 1. The van der Waals surface area contributed by atoms with Gasteiger partial charge in [0.15, 0.2) is 0 Å². The van der Waals surface area contributed by atoms with Gasteiger partial charge in [0.2, 0.25) is 0 Å². The van der Waals surface area contributed by atoms with Gasteiger partial charge in [-0.3, -0.25) is 19.2 Å². The summed E-state index contributed by atoms with van der Waals surface area (Å²) >= 11 is 0. The van der Waals surface area contributed by atoms with Gasteiger partial charge >= 0.3 is 23.9 Å². The molecule has 56 heavy (non-hydrogen) atoms. The molecule has 2 atom stereocenters. The second kappa shape index (κ2) is 31.8. The van der Waals surface area contributed by atoms with Crippen LogP contribution in [0.5, 0.6) is 0 Å².